The Hall–Kier alpha value is -1.55. The number of piperidine rings is 1. The highest BCUT2D eigenvalue weighted by Crippen LogP contribution is 2.25. The first-order chi connectivity index (χ1) is 9.83. The number of carbonyl (C=O) groups is 1. The third kappa shape index (κ3) is 3.12. The van der Waals surface area contributed by atoms with Crippen molar-refractivity contribution in [1.82, 2.24) is 10.2 Å². The Morgan fingerprint density at radius 3 is 2.85 bits per heavy atom. The predicted octanol–water partition coefficient (Wildman–Crippen LogP) is 2.28. The lowest BCUT2D eigenvalue weighted by Crippen LogP contribution is -2.42. The van der Waals surface area contributed by atoms with Gasteiger partial charge in [-0.15, -0.1) is 0 Å². The summed E-state index contributed by atoms with van der Waals surface area (Å²) in [5.74, 6) is 1.57. The molecule has 4 nitrogen and oxygen atoms in total. The van der Waals surface area contributed by atoms with E-state index in [2.05, 4.69) is 5.32 Å². The minimum absolute atomic E-state index is 0.0965. The molecule has 0 spiro atoms. The number of hydrogen-bond acceptors (Lipinski definition) is 3. The van der Waals surface area contributed by atoms with Gasteiger partial charge in [0, 0.05) is 25.2 Å². The zero-order chi connectivity index (χ0) is 13.8. The Labute approximate surface area is 119 Å². The van der Waals surface area contributed by atoms with Gasteiger partial charge in [0.1, 0.15) is 5.76 Å². The lowest BCUT2D eigenvalue weighted by molar-refractivity contribution is -0.127. The first kappa shape index (κ1) is 13.4. The quantitative estimate of drug-likeness (QED) is 0.860. The molecule has 0 saturated carbocycles. The molecule has 2 aliphatic rings. The minimum Gasteiger partial charge on any atom is -0.465 e. The van der Waals surface area contributed by atoms with Gasteiger partial charge in [-0.2, -0.15) is 0 Å². The standard InChI is InChI=1S/C16H22N2O2/c19-16(6-5-14-3-2-12-20-14)18-10-7-13(8-11-18)15-4-1-9-17-15/h2-3,5-6,12-13,15,17H,1,4,7-11H2. The predicted molar refractivity (Wildman–Crippen MR) is 78.1 cm³/mol. The normalized spacial score (nSPS) is 24.6. The molecule has 0 bridgehead atoms. The summed E-state index contributed by atoms with van der Waals surface area (Å²) in [4.78, 5) is 14.1. The van der Waals surface area contributed by atoms with E-state index in [0.717, 1.165) is 44.2 Å². The van der Waals surface area contributed by atoms with Crippen LogP contribution in [0.5, 0.6) is 0 Å². The summed E-state index contributed by atoms with van der Waals surface area (Å²) in [6, 6.07) is 4.36. The second-order valence-electron chi connectivity index (χ2n) is 5.71. The van der Waals surface area contributed by atoms with E-state index in [-0.39, 0.29) is 5.91 Å². The molecule has 2 aliphatic heterocycles. The number of rotatable bonds is 3. The maximum Gasteiger partial charge on any atom is 0.246 e. The molecule has 2 saturated heterocycles. The van der Waals surface area contributed by atoms with Gasteiger partial charge in [0.05, 0.1) is 6.26 Å². The molecule has 4 heteroatoms. The largest absolute Gasteiger partial charge is 0.465 e. The van der Waals surface area contributed by atoms with Crippen molar-refractivity contribution >= 4 is 12.0 Å². The lowest BCUT2D eigenvalue weighted by atomic mass is 9.88. The summed E-state index contributed by atoms with van der Waals surface area (Å²) >= 11 is 0. The third-order valence-corrected chi connectivity index (χ3v) is 4.45. The Balaban J connectivity index is 1.48. The fraction of sp³-hybridized carbons (Fsp3) is 0.562. The van der Waals surface area contributed by atoms with E-state index in [4.69, 9.17) is 4.42 Å². The number of hydrogen-bond donors (Lipinski definition) is 1. The van der Waals surface area contributed by atoms with E-state index < -0.39 is 0 Å². The van der Waals surface area contributed by atoms with Gasteiger partial charge in [0.2, 0.25) is 5.91 Å². The van der Waals surface area contributed by atoms with Crippen LogP contribution in [0.2, 0.25) is 0 Å². The molecule has 1 unspecified atom stereocenters. The molecule has 1 amide bonds. The molecule has 20 heavy (non-hydrogen) atoms. The van der Waals surface area contributed by atoms with Crippen molar-refractivity contribution < 1.29 is 9.21 Å². The van der Waals surface area contributed by atoms with Crippen molar-refractivity contribution in [3.05, 3.63) is 30.2 Å². The van der Waals surface area contributed by atoms with E-state index in [1.54, 1.807) is 18.4 Å². The Kier molecular flexibility index (Phi) is 4.21. The second-order valence-corrected chi connectivity index (χ2v) is 5.71. The average Bonchev–Trinajstić information content (AvgIpc) is 3.18. The first-order valence-electron chi connectivity index (χ1n) is 7.57. The van der Waals surface area contributed by atoms with Gasteiger partial charge in [-0.3, -0.25) is 4.79 Å². The van der Waals surface area contributed by atoms with Gasteiger partial charge in [-0.05, 0) is 56.4 Å². The number of nitrogens with zero attached hydrogens (tertiary/aromatic N) is 1. The number of amides is 1. The van der Waals surface area contributed by atoms with E-state index in [9.17, 15) is 4.79 Å². The molecule has 1 N–H and O–H groups in total. The second kappa shape index (κ2) is 6.27. The van der Waals surface area contributed by atoms with E-state index in [1.165, 1.54) is 12.8 Å². The first-order valence-corrected chi connectivity index (χ1v) is 7.57. The fourth-order valence-electron chi connectivity index (χ4n) is 3.28. The highest BCUT2D eigenvalue weighted by molar-refractivity contribution is 5.91. The molecular weight excluding hydrogens is 252 g/mol. The number of nitrogens with one attached hydrogen (secondary N) is 1. The van der Waals surface area contributed by atoms with Crippen LogP contribution >= 0.6 is 0 Å². The summed E-state index contributed by atoms with van der Waals surface area (Å²) in [6.45, 7) is 2.92. The minimum atomic E-state index is 0.0965. The number of furan rings is 1. The topological polar surface area (TPSA) is 45.5 Å². The van der Waals surface area contributed by atoms with Crippen LogP contribution in [0.3, 0.4) is 0 Å². The van der Waals surface area contributed by atoms with Gasteiger partial charge in [0.15, 0.2) is 0 Å². The maximum atomic E-state index is 12.1. The molecule has 1 aromatic rings. The van der Waals surface area contributed by atoms with Gasteiger partial charge in [-0.1, -0.05) is 0 Å². The van der Waals surface area contributed by atoms with E-state index in [0.29, 0.717) is 6.04 Å². The lowest BCUT2D eigenvalue weighted by Gasteiger charge is -2.34. The molecule has 108 valence electrons. The van der Waals surface area contributed by atoms with Crippen LogP contribution < -0.4 is 5.32 Å². The zero-order valence-electron chi connectivity index (χ0n) is 11.8. The fourth-order valence-corrected chi connectivity index (χ4v) is 3.28. The molecule has 2 fully saturated rings. The molecule has 1 aromatic heterocycles. The smallest absolute Gasteiger partial charge is 0.246 e. The monoisotopic (exact) mass is 274 g/mol. The van der Waals surface area contributed by atoms with Crippen molar-refractivity contribution in [2.24, 2.45) is 5.92 Å². The van der Waals surface area contributed by atoms with Crippen molar-refractivity contribution in [3.63, 3.8) is 0 Å². The van der Waals surface area contributed by atoms with Crippen LogP contribution in [-0.2, 0) is 4.79 Å². The Morgan fingerprint density at radius 2 is 2.20 bits per heavy atom. The molecular formula is C16H22N2O2. The highest BCUT2D eigenvalue weighted by atomic mass is 16.3. The maximum absolute atomic E-state index is 12.1. The Morgan fingerprint density at radius 1 is 1.35 bits per heavy atom. The van der Waals surface area contributed by atoms with Gasteiger partial charge >= 0.3 is 0 Å². The van der Waals surface area contributed by atoms with Crippen LogP contribution in [0, 0.1) is 5.92 Å². The van der Waals surface area contributed by atoms with E-state index in [1.807, 2.05) is 17.0 Å². The summed E-state index contributed by atoms with van der Waals surface area (Å²) in [6.07, 6.45) is 9.83. The van der Waals surface area contributed by atoms with Crippen LogP contribution in [-0.4, -0.2) is 36.5 Å². The van der Waals surface area contributed by atoms with Crippen molar-refractivity contribution in [3.8, 4) is 0 Å². The van der Waals surface area contributed by atoms with Gasteiger partial charge in [0.25, 0.3) is 0 Å². The highest BCUT2D eigenvalue weighted by Gasteiger charge is 2.29. The van der Waals surface area contributed by atoms with Crippen LogP contribution in [0.1, 0.15) is 31.4 Å². The van der Waals surface area contributed by atoms with Gasteiger partial charge in [-0.25, -0.2) is 0 Å². The molecule has 0 aliphatic carbocycles. The van der Waals surface area contributed by atoms with Crippen molar-refractivity contribution in [2.75, 3.05) is 19.6 Å². The molecule has 1 atom stereocenters. The number of carbonyl (C=O) groups excluding carboxylic acids is 1. The number of likely N-dealkylation sites (tertiary alicyclic amines) is 1. The summed E-state index contributed by atoms with van der Waals surface area (Å²) in [5, 5.41) is 3.58. The molecule has 3 rings (SSSR count). The van der Waals surface area contributed by atoms with E-state index >= 15 is 0 Å². The molecule has 0 radical (unpaired) electrons. The van der Waals surface area contributed by atoms with Crippen molar-refractivity contribution in [1.29, 1.82) is 0 Å². The SMILES string of the molecule is O=C(C=Cc1ccco1)N1CCC(C2CCCN2)CC1. The van der Waals surface area contributed by atoms with Gasteiger partial charge < -0.3 is 14.6 Å². The summed E-state index contributed by atoms with van der Waals surface area (Å²) in [5.41, 5.74) is 0. The summed E-state index contributed by atoms with van der Waals surface area (Å²) in [7, 11) is 0. The van der Waals surface area contributed by atoms with Crippen LogP contribution in [0.4, 0.5) is 0 Å². The average molecular weight is 274 g/mol. The Bertz CT molecular complexity index is 453. The molecule has 0 aromatic carbocycles. The van der Waals surface area contributed by atoms with Crippen LogP contribution in [0.25, 0.3) is 6.08 Å². The summed E-state index contributed by atoms with van der Waals surface area (Å²) < 4.78 is 5.19. The third-order valence-electron chi connectivity index (χ3n) is 4.45. The van der Waals surface area contributed by atoms with Crippen molar-refractivity contribution in [2.45, 2.75) is 31.7 Å². The molecule has 3 heterocycles. The van der Waals surface area contributed by atoms with Crippen LogP contribution in [0.15, 0.2) is 28.9 Å². The zero-order valence-corrected chi connectivity index (χ0v) is 11.8.